The molecule has 0 amide bonds. The van der Waals surface area contributed by atoms with Crippen molar-refractivity contribution >= 4 is 19.7 Å². The molecule has 0 aromatic heterocycles. The van der Waals surface area contributed by atoms with Crippen LogP contribution in [-0.4, -0.2) is 15.0 Å². The van der Waals surface area contributed by atoms with Crippen LogP contribution in [0.15, 0.2) is 23.1 Å². The molecule has 0 bridgehead atoms. The van der Waals surface area contributed by atoms with Gasteiger partial charge in [-0.1, -0.05) is 0 Å². The topological polar surface area (TPSA) is 43.4 Å². The predicted molar refractivity (Wildman–Crippen MR) is 67.8 cm³/mol. The fourth-order valence-corrected chi connectivity index (χ4v) is 2.54. The summed E-state index contributed by atoms with van der Waals surface area (Å²) in [6, 6.07) is 4.66. The summed E-state index contributed by atoms with van der Waals surface area (Å²) in [5.74, 6) is 3.13. The fraction of sp³-hybridized carbons (Fsp3) is 0.333. The lowest BCUT2D eigenvalue weighted by Crippen LogP contribution is -1.99. The quantitative estimate of drug-likeness (QED) is 0.470. The molecule has 0 aliphatic rings. The van der Waals surface area contributed by atoms with Crippen LogP contribution in [0.3, 0.4) is 0 Å². The second-order valence-electron chi connectivity index (χ2n) is 3.52. The highest BCUT2D eigenvalue weighted by Crippen LogP contribution is 2.23. The molecule has 0 aliphatic heterocycles. The van der Waals surface area contributed by atoms with Gasteiger partial charge in [0.15, 0.2) is 0 Å². The van der Waals surface area contributed by atoms with Crippen LogP contribution < -0.4 is 4.74 Å². The minimum absolute atomic E-state index is 0.107. The van der Waals surface area contributed by atoms with Gasteiger partial charge in [-0.15, -0.1) is 12.3 Å². The molecule has 0 N–H and O–H groups in total. The number of halogens is 1. The Kier molecular flexibility index (Phi) is 4.86. The van der Waals surface area contributed by atoms with E-state index in [-0.39, 0.29) is 4.90 Å². The van der Waals surface area contributed by atoms with Crippen molar-refractivity contribution < 1.29 is 13.2 Å². The average molecular weight is 273 g/mol. The maximum atomic E-state index is 11.2. The first-order chi connectivity index (χ1) is 7.95. The molecule has 0 saturated carbocycles. The number of aryl methyl sites for hydroxylation is 1. The molecule has 0 unspecified atom stereocenters. The van der Waals surface area contributed by atoms with E-state index in [2.05, 4.69) is 5.92 Å². The van der Waals surface area contributed by atoms with Crippen molar-refractivity contribution in [2.45, 2.75) is 24.7 Å². The molecule has 1 aromatic carbocycles. The second-order valence-corrected chi connectivity index (χ2v) is 6.06. The van der Waals surface area contributed by atoms with Crippen molar-refractivity contribution in [3.63, 3.8) is 0 Å². The van der Waals surface area contributed by atoms with Crippen molar-refractivity contribution in [3.8, 4) is 18.1 Å². The molecule has 3 nitrogen and oxygen atoms in total. The molecule has 0 fully saturated rings. The fourth-order valence-electron chi connectivity index (χ4n) is 1.35. The van der Waals surface area contributed by atoms with Crippen LogP contribution in [0, 0.1) is 19.3 Å². The van der Waals surface area contributed by atoms with E-state index < -0.39 is 9.05 Å². The summed E-state index contributed by atoms with van der Waals surface area (Å²) in [6.45, 7) is 2.18. The predicted octanol–water partition coefficient (Wildman–Crippen LogP) is 2.71. The van der Waals surface area contributed by atoms with E-state index in [9.17, 15) is 8.42 Å². The molecule has 1 rings (SSSR count). The van der Waals surface area contributed by atoms with Gasteiger partial charge in [-0.25, -0.2) is 8.42 Å². The molecule has 0 saturated heterocycles. The lowest BCUT2D eigenvalue weighted by molar-refractivity contribution is 0.312. The van der Waals surface area contributed by atoms with Crippen LogP contribution in [0.5, 0.6) is 5.75 Å². The van der Waals surface area contributed by atoms with Gasteiger partial charge in [-0.3, -0.25) is 0 Å². The summed E-state index contributed by atoms with van der Waals surface area (Å²) in [5.41, 5.74) is 0.564. The van der Waals surface area contributed by atoms with Crippen LogP contribution in [0.25, 0.3) is 0 Å². The molecule has 0 aliphatic carbocycles. The lowest BCUT2D eigenvalue weighted by atomic mass is 10.2. The zero-order valence-electron chi connectivity index (χ0n) is 9.44. The van der Waals surface area contributed by atoms with Crippen molar-refractivity contribution in [3.05, 3.63) is 23.8 Å². The summed E-state index contributed by atoms with van der Waals surface area (Å²) >= 11 is 0. The Labute approximate surface area is 106 Å². The van der Waals surface area contributed by atoms with Gasteiger partial charge in [0.1, 0.15) is 5.75 Å². The van der Waals surface area contributed by atoms with Crippen LogP contribution in [-0.2, 0) is 9.05 Å². The van der Waals surface area contributed by atoms with Gasteiger partial charge >= 0.3 is 0 Å². The molecule has 0 spiro atoms. The van der Waals surface area contributed by atoms with Gasteiger partial charge in [-0.2, -0.15) is 0 Å². The Morgan fingerprint density at radius 3 is 2.71 bits per heavy atom. The number of rotatable bonds is 5. The van der Waals surface area contributed by atoms with Gasteiger partial charge < -0.3 is 4.74 Å². The standard InChI is InChI=1S/C12H13ClO3S/c1-3-4-5-8-16-11-6-7-12(10(2)9-11)17(13,14)15/h1,6-7,9H,4-5,8H2,2H3. The van der Waals surface area contributed by atoms with E-state index in [1.165, 1.54) is 6.07 Å². The Balaban J connectivity index is 2.74. The normalized spacial score (nSPS) is 10.9. The third-order valence-electron chi connectivity index (χ3n) is 2.14. The van der Waals surface area contributed by atoms with Crippen LogP contribution in [0.1, 0.15) is 18.4 Å². The van der Waals surface area contributed by atoms with Crippen molar-refractivity contribution in [1.82, 2.24) is 0 Å². The molecule has 0 radical (unpaired) electrons. The number of terminal acetylenes is 1. The first-order valence-electron chi connectivity index (χ1n) is 5.06. The lowest BCUT2D eigenvalue weighted by Gasteiger charge is -2.07. The van der Waals surface area contributed by atoms with Gasteiger partial charge in [0, 0.05) is 17.1 Å². The zero-order chi connectivity index (χ0) is 12.9. The number of hydrogen-bond acceptors (Lipinski definition) is 3. The SMILES string of the molecule is C#CCCCOc1ccc(S(=O)(=O)Cl)c(C)c1. The van der Waals surface area contributed by atoms with E-state index in [0.29, 0.717) is 24.3 Å². The maximum Gasteiger partial charge on any atom is 0.261 e. The van der Waals surface area contributed by atoms with E-state index in [1.807, 2.05) is 0 Å². The first-order valence-corrected chi connectivity index (χ1v) is 7.37. The maximum absolute atomic E-state index is 11.2. The largest absolute Gasteiger partial charge is 0.494 e. The molecule has 1 aromatic rings. The Morgan fingerprint density at radius 1 is 1.47 bits per heavy atom. The summed E-state index contributed by atoms with van der Waals surface area (Å²) < 4.78 is 27.8. The molecule has 0 atom stereocenters. The van der Waals surface area contributed by atoms with Gasteiger partial charge in [-0.05, 0) is 37.1 Å². The molecular weight excluding hydrogens is 260 g/mol. The third kappa shape index (κ3) is 4.29. The van der Waals surface area contributed by atoms with Crippen LogP contribution >= 0.6 is 10.7 Å². The number of hydrogen-bond donors (Lipinski definition) is 0. The third-order valence-corrected chi connectivity index (χ3v) is 3.63. The minimum Gasteiger partial charge on any atom is -0.494 e. The molecule has 5 heteroatoms. The van der Waals surface area contributed by atoms with Gasteiger partial charge in [0.25, 0.3) is 9.05 Å². The van der Waals surface area contributed by atoms with Crippen molar-refractivity contribution in [1.29, 1.82) is 0 Å². The van der Waals surface area contributed by atoms with Gasteiger partial charge in [0.05, 0.1) is 11.5 Å². The van der Waals surface area contributed by atoms with Crippen LogP contribution in [0.4, 0.5) is 0 Å². The van der Waals surface area contributed by atoms with Crippen molar-refractivity contribution in [2.75, 3.05) is 6.61 Å². The number of ether oxygens (including phenoxy) is 1. The Morgan fingerprint density at radius 2 is 2.18 bits per heavy atom. The average Bonchev–Trinajstić information content (AvgIpc) is 2.23. The smallest absolute Gasteiger partial charge is 0.261 e. The molecule has 17 heavy (non-hydrogen) atoms. The highest BCUT2D eigenvalue weighted by atomic mass is 35.7. The van der Waals surface area contributed by atoms with E-state index in [1.54, 1.807) is 19.1 Å². The molecular formula is C12H13ClO3S. The number of unbranched alkanes of at least 4 members (excludes halogenated alkanes) is 1. The second kappa shape index (κ2) is 5.95. The summed E-state index contributed by atoms with van der Waals surface area (Å²) in [5, 5.41) is 0. The number of benzene rings is 1. The molecule has 92 valence electrons. The van der Waals surface area contributed by atoms with Crippen LogP contribution in [0.2, 0.25) is 0 Å². The molecule has 0 heterocycles. The van der Waals surface area contributed by atoms with E-state index in [0.717, 1.165) is 6.42 Å². The first kappa shape index (κ1) is 13.9. The van der Waals surface area contributed by atoms with E-state index in [4.69, 9.17) is 21.8 Å². The van der Waals surface area contributed by atoms with Gasteiger partial charge in [0.2, 0.25) is 0 Å². The monoisotopic (exact) mass is 272 g/mol. The minimum atomic E-state index is -3.69. The zero-order valence-corrected chi connectivity index (χ0v) is 11.0. The Hall–Kier alpha value is -1.18. The van der Waals surface area contributed by atoms with Crippen molar-refractivity contribution in [2.24, 2.45) is 0 Å². The summed E-state index contributed by atoms with van der Waals surface area (Å²) in [6.07, 6.45) is 6.54. The highest BCUT2D eigenvalue weighted by molar-refractivity contribution is 8.13. The Bertz CT molecular complexity index is 529. The summed E-state index contributed by atoms with van der Waals surface area (Å²) in [7, 11) is 1.58. The summed E-state index contributed by atoms with van der Waals surface area (Å²) in [4.78, 5) is 0.107. The highest BCUT2D eigenvalue weighted by Gasteiger charge is 2.13. The van der Waals surface area contributed by atoms with E-state index >= 15 is 0 Å².